The molecule has 0 aromatic heterocycles. The molecule has 0 aromatic rings. The van der Waals surface area contributed by atoms with Gasteiger partial charge in [0, 0.05) is 8.07 Å². The summed E-state index contributed by atoms with van der Waals surface area (Å²) < 4.78 is 34.3. The van der Waals surface area contributed by atoms with Gasteiger partial charge in [-0.1, -0.05) is 65.8 Å². The summed E-state index contributed by atoms with van der Waals surface area (Å²) in [7, 11) is -10.0. The predicted molar refractivity (Wildman–Crippen MR) is 94.9 cm³/mol. The first-order chi connectivity index (χ1) is 7.90. The van der Waals surface area contributed by atoms with E-state index in [1.54, 1.807) is 0 Å². The summed E-state index contributed by atoms with van der Waals surface area (Å²) in [4.78, 5) is 0. The summed E-state index contributed by atoms with van der Waals surface area (Å²) in [6, 6.07) is 0. The standard InChI is InChI=1S/C12H32O3SSi3.Na.H/c1-11(17(2,3)4)12(16(13,14)15,18(5,6)7)19(8,9)10;;/h11H,1-10H3,(H,13,14,15);;/q;+1;-1. The van der Waals surface area contributed by atoms with Gasteiger partial charge in [0.15, 0.2) is 0 Å². The van der Waals surface area contributed by atoms with Crippen molar-refractivity contribution in [3.63, 3.8) is 0 Å². The van der Waals surface area contributed by atoms with Crippen molar-refractivity contribution in [2.24, 2.45) is 0 Å². The molecular formula is C12H33NaO3SSi3. The van der Waals surface area contributed by atoms with Crippen LogP contribution in [0.3, 0.4) is 0 Å². The maximum Gasteiger partial charge on any atom is 1.00 e. The quantitative estimate of drug-likeness (QED) is 0.589. The maximum absolute atomic E-state index is 12.5. The Balaban J connectivity index is -0.00000162. The van der Waals surface area contributed by atoms with Crippen molar-refractivity contribution < 1.29 is 44.0 Å². The van der Waals surface area contributed by atoms with Crippen molar-refractivity contribution >= 4 is 34.3 Å². The van der Waals surface area contributed by atoms with E-state index in [9.17, 15) is 13.0 Å². The molecule has 0 bridgehead atoms. The molecular weight excluding hydrogens is 331 g/mol. The van der Waals surface area contributed by atoms with Crippen LogP contribution in [0.2, 0.25) is 64.5 Å². The van der Waals surface area contributed by atoms with Crippen LogP contribution in [0.15, 0.2) is 0 Å². The Kier molecular flexibility index (Phi) is 7.84. The summed E-state index contributed by atoms with van der Waals surface area (Å²) in [6.07, 6.45) is 0. The molecule has 0 fully saturated rings. The average Bonchev–Trinajstić information content (AvgIpc) is 1.92. The van der Waals surface area contributed by atoms with Gasteiger partial charge in [0.25, 0.3) is 10.1 Å². The van der Waals surface area contributed by atoms with Crippen LogP contribution in [0.4, 0.5) is 0 Å². The number of hydrogen-bond acceptors (Lipinski definition) is 2. The third kappa shape index (κ3) is 4.10. The van der Waals surface area contributed by atoms with E-state index in [1.807, 2.05) is 0 Å². The minimum absolute atomic E-state index is 0. The second kappa shape index (κ2) is 6.59. The average molecular weight is 365 g/mol. The van der Waals surface area contributed by atoms with Gasteiger partial charge in [-0.3, -0.25) is 4.55 Å². The van der Waals surface area contributed by atoms with E-state index < -0.39 is 38.3 Å². The SMILES string of the molecule is CC(C([Si](C)(C)C)([Si](C)(C)C)S(=O)(=O)O)[Si](C)(C)C.[H-].[Na+]. The van der Waals surface area contributed by atoms with E-state index >= 15 is 0 Å². The second-order valence-electron chi connectivity index (χ2n) is 8.80. The van der Waals surface area contributed by atoms with Crippen molar-refractivity contribution in [2.45, 2.75) is 75.4 Å². The molecule has 20 heavy (non-hydrogen) atoms. The molecule has 0 spiro atoms. The molecule has 0 amide bonds. The Hall–Kier alpha value is 1.56. The fourth-order valence-corrected chi connectivity index (χ4v) is 30.2. The Morgan fingerprint density at radius 1 is 0.900 bits per heavy atom. The van der Waals surface area contributed by atoms with Crippen LogP contribution in [0.25, 0.3) is 0 Å². The predicted octanol–water partition coefficient (Wildman–Crippen LogP) is 1.21. The summed E-state index contributed by atoms with van der Waals surface area (Å²) in [5, 5.41) is 0. The molecule has 0 radical (unpaired) electrons. The fraction of sp³-hybridized carbons (Fsp3) is 1.00. The van der Waals surface area contributed by atoms with E-state index in [2.05, 4.69) is 65.8 Å². The molecule has 1 unspecified atom stereocenters. The third-order valence-electron chi connectivity index (χ3n) is 4.54. The van der Waals surface area contributed by atoms with Gasteiger partial charge in [0.2, 0.25) is 0 Å². The Labute approximate surface area is 152 Å². The van der Waals surface area contributed by atoms with Crippen LogP contribution in [0, 0.1) is 0 Å². The van der Waals surface area contributed by atoms with Crippen LogP contribution >= 0.6 is 0 Å². The monoisotopic (exact) mass is 364 g/mol. The molecule has 3 nitrogen and oxygen atoms in total. The molecule has 0 aliphatic heterocycles. The Morgan fingerprint density at radius 2 is 1.15 bits per heavy atom. The molecule has 0 saturated heterocycles. The van der Waals surface area contributed by atoms with E-state index in [0.717, 1.165) is 0 Å². The minimum Gasteiger partial charge on any atom is -1.00 e. The first kappa shape index (κ1) is 23.8. The van der Waals surface area contributed by atoms with Crippen molar-refractivity contribution in [1.82, 2.24) is 0 Å². The molecule has 0 saturated carbocycles. The van der Waals surface area contributed by atoms with E-state index in [-0.39, 0.29) is 36.5 Å². The largest absolute Gasteiger partial charge is 1.00 e. The van der Waals surface area contributed by atoms with Crippen molar-refractivity contribution in [3.05, 3.63) is 0 Å². The Bertz CT molecular complexity index is 422. The van der Waals surface area contributed by atoms with Crippen LogP contribution in [-0.4, -0.2) is 41.2 Å². The molecule has 0 heterocycles. The van der Waals surface area contributed by atoms with Crippen LogP contribution in [-0.2, 0) is 10.1 Å². The Morgan fingerprint density at radius 3 is 1.20 bits per heavy atom. The molecule has 0 rings (SSSR count). The van der Waals surface area contributed by atoms with Crippen LogP contribution < -0.4 is 29.6 Å². The van der Waals surface area contributed by atoms with E-state index in [1.165, 1.54) is 0 Å². The molecule has 0 aromatic carbocycles. The van der Waals surface area contributed by atoms with Gasteiger partial charge in [0.1, 0.15) is 0 Å². The third-order valence-corrected chi connectivity index (χ3v) is 24.6. The van der Waals surface area contributed by atoms with Gasteiger partial charge < -0.3 is 1.43 Å². The van der Waals surface area contributed by atoms with Crippen molar-refractivity contribution in [3.8, 4) is 0 Å². The van der Waals surface area contributed by atoms with Gasteiger partial charge in [-0.2, -0.15) is 8.42 Å². The van der Waals surface area contributed by atoms with Gasteiger partial charge in [0.05, 0.1) is 20.1 Å². The zero-order valence-electron chi connectivity index (χ0n) is 16.2. The second-order valence-corrected chi connectivity index (χ2v) is 27.8. The summed E-state index contributed by atoms with van der Waals surface area (Å²) in [6.45, 7) is 21.2. The smallest absolute Gasteiger partial charge is 1.00 e. The first-order valence-electron chi connectivity index (χ1n) is 6.87. The summed E-state index contributed by atoms with van der Waals surface area (Å²) in [5.74, 6) is 0. The van der Waals surface area contributed by atoms with E-state index in [0.29, 0.717) is 0 Å². The molecule has 8 heteroatoms. The molecule has 1 atom stereocenters. The number of rotatable bonds is 5. The topological polar surface area (TPSA) is 54.4 Å². The summed E-state index contributed by atoms with van der Waals surface area (Å²) in [5.41, 5.74) is 0.0633. The van der Waals surface area contributed by atoms with E-state index in [4.69, 9.17) is 0 Å². The van der Waals surface area contributed by atoms with Gasteiger partial charge in [-0.25, -0.2) is 0 Å². The zero-order valence-corrected chi connectivity index (χ0v) is 21.1. The van der Waals surface area contributed by atoms with Gasteiger partial charge in [-0.05, 0) is 5.54 Å². The first-order valence-corrected chi connectivity index (χ1v) is 18.9. The van der Waals surface area contributed by atoms with Gasteiger partial charge in [-0.15, -0.1) is 0 Å². The van der Waals surface area contributed by atoms with Crippen molar-refractivity contribution in [1.29, 1.82) is 0 Å². The minimum atomic E-state index is -4.07. The normalized spacial score (nSPS) is 16.6. The van der Waals surface area contributed by atoms with Crippen molar-refractivity contribution in [2.75, 3.05) is 0 Å². The molecule has 118 valence electrons. The van der Waals surface area contributed by atoms with Gasteiger partial charge >= 0.3 is 29.6 Å². The molecule has 0 aliphatic rings. The van der Waals surface area contributed by atoms with Crippen LogP contribution in [0.1, 0.15) is 8.35 Å². The maximum atomic E-state index is 12.5. The summed E-state index contributed by atoms with van der Waals surface area (Å²) >= 11 is 0. The zero-order chi connectivity index (χ0) is 16.1. The van der Waals surface area contributed by atoms with Crippen LogP contribution in [0.5, 0.6) is 0 Å². The molecule has 1 N–H and O–H groups in total. The molecule has 0 aliphatic carbocycles. The fourth-order valence-electron chi connectivity index (χ4n) is 4.03. The number of hydrogen-bond donors (Lipinski definition) is 1.